The van der Waals surface area contributed by atoms with Crippen molar-refractivity contribution >= 4 is 28.7 Å². The summed E-state index contributed by atoms with van der Waals surface area (Å²) in [6.45, 7) is 0.0319. The summed E-state index contributed by atoms with van der Waals surface area (Å²) in [6, 6.07) is 9.60. The van der Waals surface area contributed by atoms with Gasteiger partial charge in [-0.3, -0.25) is 0 Å². The molecule has 2 aromatic carbocycles. The standard InChI is InChI=1S/C15H13F4N3S/c16-13-6-1-9(7-12(13)15(17,18)19)8-21-14(23)22-11-4-2-10(20)3-5-11/h1-7H,8,20H2,(H2,21,22,23). The highest BCUT2D eigenvalue weighted by Crippen LogP contribution is 2.31. The van der Waals surface area contributed by atoms with Crippen LogP contribution in [0.4, 0.5) is 28.9 Å². The Morgan fingerprint density at radius 1 is 1.09 bits per heavy atom. The molecule has 0 aliphatic rings. The van der Waals surface area contributed by atoms with Gasteiger partial charge in [0, 0.05) is 17.9 Å². The SMILES string of the molecule is Nc1ccc(NC(=S)NCc2ccc(F)c(C(F)(F)F)c2)cc1. The van der Waals surface area contributed by atoms with Crippen LogP contribution < -0.4 is 16.4 Å². The van der Waals surface area contributed by atoms with Gasteiger partial charge in [0.1, 0.15) is 5.82 Å². The number of alkyl halides is 3. The normalized spacial score (nSPS) is 11.1. The molecule has 4 N–H and O–H groups in total. The number of nitrogens with one attached hydrogen (secondary N) is 2. The van der Waals surface area contributed by atoms with E-state index in [2.05, 4.69) is 10.6 Å². The van der Waals surface area contributed by atoms with Gasteiger partial charge in [-0.1, -0.05) is 6.07 Å². The molecule has 0 aliphatic carbocycles. The van der Waals surface area contributed by atoms with Crippen molar-refractivity contribution in [3.63, 3.8) is 0 Å². The zero-order chi connectivity index (χ0) is 17.0. The summed E-state index contributed by atoms with van der Waals surface area (Å²) in [7, 11) is 0. The van der Waals surface area contributed by atoms with Crippen LogP contribution in [0.1, 0.15) is 11.1 Å². The van der Waals surface area contributed by atoms with E-state index in [-0.39, 0.29) is 17.2 Å². The molecular formula is C15H13F4N3S. The Kier molecular flexibility index (Phi) is 5.05. The molecule has 0 aromatic heterocycles. The van der Waals surface area contributed by atoms with Crippen molar-refractivity contribution in [1.82, 2.24) is 5.32 Å². The lowest BCUT2D eigenvalue weighted by atomic mass is 10.1. The highest BCUT2D eigenvalue weighted by molar-refractivity contribution is 7.80. The fourth-order valence-corrected chi connectivity index (χ4v) is 2.01. The molecule has 0 amide bonds. The molecule has 3 nitrogen and oxygen atoms in total. The van der Waals surface area contributed by atoms with Gasteiger partial charge in [-0.25, -0.2) is 4.39 Å². The minimum atomic E-state index is -4.73. The third kappa shape index (κ3) is 4.82. The van der Waals surface area contributed by atoms with Crippen LogP contribution in [0.5, 0.6) is 0 Å². The van der Waals surface area contributed by atoms with Crippen LogP contribution >= 0.6 is 12.2 Å². The maximum atomic E-state index is 13.2. The van der Waals surface area contributed by atoms with E-state index in [1.165, 1.54) is 6.07 Å². The molecule has 0 heterocycles. The number of hydrogen-bond acceptors (Lipinski definition) is 2. The van der Waals surface area contributed by atoms with Gasteiger partial charge in [-0.2, -0.15) is 13.2 Å². The van der Waals surface area contributed by atoms with Gasteiger partial charge in [0.05, 0.1) is 5.56 Å². The Labute approximate surface area is 135 Å². The predicted octanol–water partition coefficient (Wildman–Crippen LogP) is 3.91. The predicted molar refractivity (Wildman–Crippen MR) is 85.3 cm³/mol. The van der Waals surface area contributed by atoms with E-state index < -0.39 is 17.6 Å². The molecule has 0 spiro atoms. The first-order chi connectivity index (χ1) is 10.8. The van der Waals surface area contributed by atoms with Crippen molar-refractivity contribution in [2.45, 2.75) is 12.7 Å². The van der Waals surface area contributed by atoms with Crippen molar-refractivity contribution in [2.75, 3.05) is 11.1 Å². The van der Waals surface area contributed by atoms with Crippen molar-refractivity contribution in [3.8, 4) is 0 Å². The average Bonchev–Trinajstić information content (AvgIpc) is 2.47. The van der Waals surface area contributed by atoms with E-state index in [1.54, 1.807) is 24.3 Å². The zero-order valence-corrected chi connectivity index (χ0v) is 12.6. The van der Waals surface area contributed by atoms with Crippen LogP contribution in [0, 0.1) is 5.82 Å². The van der Waals surface area contributed by atoms with Gasteiger partial charge in [-0.15, -0.1) is 0 Å². The number of anilines is 2. The molecule has 0 saturated heterocycles. The summed E-state index contributed by atoms with van der Waals surface area (Å²) in [6.07, 6.45) is -4.73. The lowest BCUT2D eigenvalue weighted by Crippen LogP contribution is -2.28. The van der Waals surface area contributed by atoms with Crippen molar-refractivity contribution in [2.24, 2.45) is 0 Å². The number of benzene rings is 2. The van der Waals surface area contributed by atoms with E-state index in [4.69, 9.17) is 18.0 Å². The van der Waals surface area contributed by atoms with E-state index in [0.717, 1.165) is 12.1 Å². The first-order valence-corrected chi connectivity index (χ1v) is 6.92. The monoisotopic (exact) mass is 343 g/mol. The van der Waals surface area contributed by atoms with E-state index in [9.17, 15) is 17.6 Å². The number of hydrogen-bond donors (Lipinski definition) is 3. The second-order valence-electron chi connectivity index (χ2n) is 4.74. The smallest absolute Gasteiger partial charge is 0.399 e. The van der Waals surface area contributed by atoms with Gasteiger partial charge in [-0.05, 0) is 54.2 Å². The summed E-state index contributed by atoms with van der Waals surface area (Å²) in [5, 5.41) is 5.85. The van der Waals surface area contributed by atoms with Crippen molar-refractivity contribution in [1.29, 1.82) is 0 Å². The molecule has 0 aliphatic heterocycles. The largest absolute Gasteiger partial charge is 0.419 e. The van der Waals surface area contributed by atoms with Crippen molar-refractivity contribution < 1.29 is 17.6 Å². The fourth-order valence-electron chi connectivity index (χ4n) is 1.82. The zero-order valence-electron chi connectivity index (χ0n) is 11.7. The topological polar surface area (TPSA) is 50.1 Å². The van der Waals surface area contributed by atoms with E-state index >= 15 is 0 Å². The molecule has 0 unspecified atom stereocenters. The Balaban J connectivity index is 1.98. The number of nitrogens with two attached hydrogens (primary N) is 1. The van der Waals surface area contributed by atoms with E-state index in [0.29, 0.717) is 11.4 Å². The first kappa shape index (κ1) is 17.0. The van der Waals surface area contributed by atoms with Gasteiger partial charge in [0.2, 0.25) is 0 Å². The third-order valence-corrected chi connectivity index (χ3v) is 3.20. The lowest BCUT2D eigenvalue weighted by molar-refractivity contribution is -0.140. The molecule has 0 radical (unpaired) electrons. The van der Waals surface area contributed by atoms with Crippen LogP contribution in [0.25, 0.3) is 0 Å². The van der Waals surface area contributed by atoms with E-state index in [1.807, 2.05) is 0 Å². The Morgan fingerprint density at radius 2 is 1.74 bits per heavy atom. The first-order valence-electron chi connectivity index (χ1n) is 6.52. The van der Waals surface area contributed by atoms with Crippen LogP contribution in [0.3, 0.4) is 0 Å². The summed E-state index contributed by atoms with van der Waals surface area (Å²) in [4.78, 5) is 0. The fraction of sp³-hybridized carbons (Fsp3) is 0.133. The minimum Gasteiger partial charge on any atom is -0.399 e. The number of rotatable bonds is 3. The molecular weight excluding hydrogens is 330 g/mol. The lowest BCUT2D eigenvalue weighted by Gasteiger charge is -2.13. The molecule has 0 bridgehead atoms. The van der Waals surface area contributed by atoms with Gasteiger partial charge >= 0.3 is 6.18 Å². The Bertz CT molecular complexity index is 699. The molecule has 122 valence electrons. The van der Waals surface area contributed by atoms with Gasteiger partial charge in [0.25, 0.3) is 0 Å². The molecule has 2 rings (SSSR count). The molecule has 23 heavy (non-hydrogen) atoms. The van der Waals surface area contributed by atoms with Crippen molar-refractivity contribution in [3.05, 3.63) is 59.4 Å². The maximum absolute atomic E-state index is 13.2. The molecule has 2 aromatic rings. The molecule has 0 saturated carbocycles. The maximum Gasteiger partial charge on any atom is 0.419 e. The average molecular weight is 343 g/mol. The quantitative estimate of drug-likeness (QED) is 0.449. The van der Waals surface area contributed by atoms with Crippen LogP contribution in [-0.4, -0.2) is 5.11 Å². The van der Waals surface area contributed by atoms with Gasteiger partial charge < -0.3 is 16.4 Å². The third-order valence-electron chi connectivity index (χ3n) is 2.96. The number of nitrogen functional groups attached to an aromatic ring is 1. The summed E-state index contributed by atoms with van der Waals surface area (Å²) in [5.41, 5.74) is 5.81. The minimum absolute atomic E-state index is 0.0319. The molecule has 0 fully saturated rings. The highest BCUT2D eigenvalue weighted by atomic mass is 32.1. The summed E-state index contributed by atoms with van der Waals surface area (Å²) >= 11 is 5.05. The number of thiocarbonyl (C=S) groups is 1. The summed E-state index contributed by atoms with van der Waals surface area (Å²) in [5.74, 6) is -1.30. The summed E-state index contributed by atoms with van der Waals surface area (Å²) < 4.78 is 51.1. The number of halogens is 4. The highest BCUT2D eigenvalue weighted by Gasteiger charge is 2.34. The molecule has 8 heteroatoms. The Hall–Kier alpha value is -2.35. The Morgan fingerprint density at radius 3 is 2.35 bits per heavy atom. The van der Waals surface area contributed by atoms with Crippen LogP contribution in [0.15, 0.2) is 42.5 Å². The van der Waals surface area contributed by atoms with Gasteiger partial charge in [0.15, 0.2) is 5.11 Å². The second-order valence-corrected chi connectivity index (χ2v) is 5.15. The second kappa shape index (κ2) is 6.82. The van der Waals surface area contributed by atoms with Crippen LogP contribution in [-0.2, 0) is 12.7 Å². The van der Waals surface area contributed by atoms with Crippen LogP contribution in [0.2, 0.25) is 0 Å². The molecule has 0 atom stereocenters.